The van der Waals surface area contributed by atoms with E-state index in [0.29, 0.717) is 46.9 Å². The predicted octanol–water partition coefficient (Wildman–Crippen LogP) is 5.05. The normalized spacial score (nSPS) is 16.9. The van der Waals surface area contributed by atoms with E-state index >= 15 is 0 Å². The zero-order chi connectivity index (χ0) is 31.5. The summed E-state index contributed by atoms with van der Waals surface area (Å²) >= 11 is 6.08. The minimum Gasteiger partial charge on any atom is -0.507 e. The molecule has 4 aromatic rings. The number of aromatic nitrogens is 5. The summed E-state index contributed by atoms with van der Waals surface area (Å²) < 4.78 is 35.0. The Kier molecular flexibility index (Phi) is 9.19. The fourth-order valence-electron chi connectivity index (χ4n) is 4.59. The fourth-order valence-corrected chi connectivity index (χ4v) is 4.76. The maximum atomic E-state index is 13.3. The molecule has 43 heavy (non-hydrogen) atoms. The first-order valence-corrected chi connectivity index (χ1v) is 13.3. The second kappa shape index (κ2) is 12.7. The van der Waals surface area contributed by atoms with Crippen molar-refractivity contribution in [3.63, 3.8) is 0 Å². The molecule has 11 nitrogen and oxygen atoms in total. The second-order valence-electron chi connectivity index (χ2n) is 9.82. The van der Waals surface area contributed by atoms with E-state index in [1.807, 2.05) is 26.1 Å². The molecule has 3 N–H and O–H groups in total. The Bertz CT molecular complexity index is 1720. The van der Waals surface area contributed by atoms with Crippen LogP contribution in [-0.4, -0.2) is 52.6 Å². The van der Waals surface area contributed by atoms with Crippen LogP contribution in [0.1, 0.15) is 37.9 Å². The van der Waals surface area contributed by atoms with E-state index in [0.717, 1.165) is 11.3 Å². The number of nitrogens with zero attached hydrogens (tertiary/aromatic N) is 5. The second-order valence-corrected chi connectivity index (χ2v) is 10.3. The lowest BCUT2D eigenvalue weighted by Crippen LogP contribution is -2.27. The number of hydrogen-bond donors (Lipinski definition) is 3. The number of rotatable bonds is 2. The lowest BCUT2D eigenvalue weighted by atomic mass is 9.97. The summed E-state index contributed by atoms with van der Waals surface area (Å²) in [5.74, 6) is -3.05. The highest BCUT2D eigenvalue weighted by Crippen LogP contribution is 2.33. The summed E-state index contributed by atoms with van der Waals surface area (Å²) in [4.78, 5) is 44.1. The monoisotopic (exact) mass is 618 g/mol. The molecule has 226 valence electrons. The van der Waals surface area contributed by atoms with Gasteiger partial charge in [0.15, 0.2) is 0 Å². The number of alkyl halides is 3. The van der Waals surface area contributed by atoms with E-state index in [-0.39, 0.29) is 23.1 Å². The minimum absolute atomic E-state index is 0.0105. The number of phenols is 1. The molecule has 1 aliphatic heterocycles. The van der Waals surface area contributed by atoms with E-state index in [9.17, 15) is 27.9 Å². The van der Waals surface area contributed by atoms with Crippen molar-refractivity contribution < 1.29 is 33.0 Å². The number of pyridine rings is 1. The van der Waals surface area contributed by atoms with Gasteiger partial charge in [-0.15, -0.1) is 0 Å². The summed E-state index contributed by atoms with van der Waals surface area (Å²) in [6, 6.07) is 9.39. The molecule has 0 fully saturated rings. The number of carboxylic acid groups (broad SMARTS) is 1. The molecule has 15 heteroatoms. The summed E-state index contributed by atoms with van der Waals surface area (Å²) in [6.07, 6.45) is 1.68. The number of phenolic OH excluding ortho intramolecular Hbond substituents is 1. The molecule has 0 saturated heterocycles. The Morgan fingerprint density at radius 2 is 1.84 bits per heavy atom. The highest BCUT2D eigenvalue weighted by Gasteiger charge is 2.38. The van der Waals surface area contributed by atoms with Crippen molar-refractivity contribution in [3.8, 4) is 28.3 Å². The van der Waals surface area contributed by atoms with Gasteiger partial charge in [0.25, 0.3) is 5.56 Å². The zero-order valence-corrected chi connectivity index (χ0v) is 23.6. The van der Waals surface area contributed by atoms with Gasteiger partial charge in [0, 0.05) is 41.4 Å². The topological polar surface area (TPSA) is 152 Å². The first-order chi connectivity index (χ1) is 20.3. The quantitative estimate of drug-likeness (QED) is 0.282. The maximum Gasteiger partial charge on any atom is 0.490 e. The number of benzene rings is 1. The van der Waals surface area contributed by atoms with E-state index in [2.05, 4.69) is 20.4 Å². The van der Waals surface area contributed by atoms with Gasteiger partial charge in [0.05, 0.1) is 41.3 Å². The highest BCUT2D eigenvalue weighted by atomic mass is 35.5. The van der Waals surface area contributed by atoms with Crippen LogP contribution in [0.2, 0.25) is 5.02 Å². The third-order valence-corrected chi connectivity index (χ3v) is 7.04. The zero-order valence-electron chi connectivity index (χ0n) is 22.8. The van der Waals surface area contributed by atoms with E-state index in [4.69, 9.17) is 21.5 Å². The number of carbonyl (C=O) groups excluding carboxylic acids is 1. The number of carbonyl (C=O) groups is 2. The number of hydrogen-bond acceptors (Lipinski definition) is 7. The molecule has 3 aromatic heterocycles. The molecule has 0 aliphatic carbocycles. The van der Waals surface area contributed by atoms with Crippen LogP contribution < -0.4 is 10.9 Å². The van der Waals surface area contributed by atoms with Crippen LogP contribution in [0.4, 0.5) is 18.9 Å². The van der Waals surface area contributed by atoms with Gasteiger partial charge in [-0.2, -0.15) is 18.3 Å². The van der Waals surface area contributed by atoms with E-state index in [1.54, 1.807) is 33.8 Å². The predicted molar refractivity (Wildman–Crippen MR) is 151 cm³/mol. The van der Waals surface area contributed by atoms with Gasteiger partial charge >= 0.3 is 12.1 Å². The molecule has 0 radical (unpaired) electrons. The smallest absolute Gasteiger partial charge is 0.490 e. The fraction of sp³-hybridized carbons (Fsp3) is 0.286. The molecule has 1 aromatic carbocycles. The van der Waals surface area contributed by atoms with Crippen molar-refractivity contribution in [1.29, 1.82) is 0 Å². The van der Waals surface area contributed by atoms with Crippen LogP contribution >= 0.6 is 11.6 Å². The van der Waals surface area contributed by atoms with Crippen LogP contribution in [0.25, 0.3) is 22.5 Å². The number of carboxylic acids is 1. The molecular formula is C28H26ClF3N6O5. The van der Waals surface area contributed by atoms with Crippen LogP contribution in [0, 0.1) is 5.92 Å². The highest BCUT2D eigenvalue weighted by molar-refractivity contribution is 6.30. The minimum atomic E-state index is -5.08. The first-order valence-electron chi connectivity index (χ1n) is 12.9. The molecule has 5 rings (SSSR count). The number of aliphatic carboxylic acids is 1. The summed E-state index contributed by atoms with van der Waals surface area (Å²) in [6.45, 7) is 1.89. The van der Waals surface area contributed by atoms with Gasteiger partial charge < -0.3 is 15.5 Å². The van der Waals surface area contributed by atoms with Crippen molar-refractivity contribution in [3.05, 3.63) is 76.2 Å². The number of fused-ring (bicyclic) bond motifs is 4. The maximum absolute atomic E-state index is 13.3. The summed E-state index contributed by atoms with van der Waals surface area (Å²) in [5.41, 5.74) is 3.36. The number of amides is 1. The van der Waals surface area contributed by atoms with Crippen molar-refractivity contribution in [2.24, 2.45) is 13.0 Å². The molecule has 4 heterocycles. The number of aromatic hydroxyl groups is 1. The number of halogens is 4. The average Bonchev–Trinajstić information content (AvgIpc) is 3.31. The summed E-state index contributed by atoms with van der Waals surface area (Å²) in [5, 5.41) is 25.1. The molecule has 2 bridgehead atoms. The van der Waals surface area contributed by atoms with Gasteiger partial charge in [-0.05, 0) is 43.2 Å². The Labute approximate surface area is 247 Å². The van der Waals surface area contributed by atoms with Crippen LogP contribution in [0.15, 0.2) is 59.9 Å². The van der Waals surface area contributed by atoms with Gasteiger partial charge in [-0.25, -0.2) is 9.78 Å². The third kappa shape index (κ3) is 7.20. The molecule has 2 atom stereocenters. The van der Waals surface area contributed by atoms with Crippen molar-refractivity contribution in [1.82, 2.24) is 24.3 Å². The van der Waals surface area contributed by atoms with E-state index < -0.39 is 18.2 Å². The SMILES string of the molecule is C[C@@H]1CCC[C@H](n2cnc(-c3cc(Cl)ccc3O)cc2=O)c2cc(ccn2)-c2c(cnn2C)NC1=O.O=C(O)C(F)(F)F. The molecule has 0 saturated carbocycles. The molecule has 1 aliphatic rings. The van der Waals surface area contributed by atoms with Gasteiger partial charge in [0.2, 0.25) is 5.91 Å². The van der Waals surface area contributed by atoms with Gasteiger partial charge in [-0.3, -0.25) is 23.8 Å². The molecule has 0 spiro atoms. The van der Waals surface area contributed by atoms with Gasteiger partial charge in [-0.1, -0.05) is 24.9 Å². The Balaban J connectivity index is 0.000000541. The van der Waals surface area contributed by atoms with Crippen LogP contribution in [0.5, 0.6) is 5.75 Å². The Morgan fingerprint density at radius 3 is 2.51 bits per heavy atom. The van der Waals surface area contributed by atoms with Crippen molar-refractivity contribution in [2.45, 2.75) is 38.4 Å². The number of aryl methyl sites for hydroxylation is 1. The number of anilines is 1. The van der Waals surface area contributed by atoms with Crippen molar-refractivity contribution in [2.75, 3.05) is 5.32 Å². The van der Waals surface area contributed by atoms with Crippen LogP contribution in [0.3, 0.4) is 0 Å². The Hall–Kier alpha value is -4.72. The first kappa shape index (κ1) is 31.2. The number of nitrogens with one attached hydrogen (secondary N) is 1. The average molecular weight is 619 g/mol. The largest absolute Gasteiger partial charge is 0.507 e. The lowest BCUT2D eigenvalue weighted by Gasteiger charge is -2.22. The van der Waals surface area contributed by atoms with Crippen molar-refractivity contribution >= 4 is 29.2 Å². The van der Waals surface area contributed by atoms with E-state index in [1.165, 1.54) is 18.5 Å². The molecular weight excluding hydrogens is 593 g/mol. The van der Waals surface area contributed by atoms with Crippen LogP contribution in [-0.2, 0) is 16.6 Å². The standard InChI is InChI=1S/C26H25ClN6O3.C2HF3O2/c1-15-4-3-5-22(33-14-29-19(12-24(33)35)18-11-17(27)6-7-23(18)34)20-10-16(8-9-28-20)25-21(31-26(15)36)13-30-32(25)2;3-2(4,5)1(6)7/h6-15,22,34H,3-5H2,1-2H3,(H,31,36);(H,6,7)/t15-,22+;/m1./s1. The molecule has 1 amide bonds. The third-order valence-electron chi connectivity index (χ3n) is 6.80. The Morgan fingerprint density at radius 1 is 1.12 bits per heavy atom. The van der Waals surface area contributed by atoms with Gasteiger partial charge in [0.1, 0.15) is 5.75 Å². The summed E-state index contributed by atoms with van der Waals surface area (Å²) in [7, 11) is 1.82. The molecule has 0 unspecified atom stereocenters. The lowest BCUT2D eigenvalue weighted by molar-refractivity contribution is -0.192.